The van der Waals surface area contributed by atoms with E-state index in [9.17, 15) is 4.79 Å². The maximum Gasteiger partial charge on any atom is 0.243 e. The summed E-state index contributed by atoms with van der Waals surface area (Å²) < 4.78 is 16.8. The van der Waals surface area contributed by atoms with Crippen LogP contribution in [0.1, 0.15) is 18.9 Å². The predicted octanol–water partition coefficient (Wildman–Crippen LogP) is 5.16. The Balaban J connectivity index is 1.41. The number of nitrogens with one attached hydrogen (secondary N) is 2. The molecule has 0 heterocycles. The lowest BCUT2D eigenvalue weighted by Crippen LogP contribution is -2.22. The van der Waals surface area contributed by atoms with Gasteiger partial charge in [0, 0.05) is 12.3 Å². The molecular weight excluding hydrogens is 416 g/mol. The number of hydrogen-bond acceptors (Lipinski definition) is 5. The van der Waals surface area contributed by atoms with Crippen LogP contribution in [0.15, 0.2) is 78.9 Å². The summed E-state index contributed by atoms with van der Waals surface area (Å²) in [6.07, 6.45) is 1.86. The number of carbonyl (C=O) groups is 1. The molecule has 0 fully saturated rings. The Hall–Kier alpha value is -3.51. The molecule has 6 heteroatoms. The fourth-order valence-corrected chi connectivity index (χ4v) is 3.21. The molecule has 0 bridgehead atoms. The highest BCUT2D eigenvalue weighted by Gasteiger charge is 2.08. The average Bonchev–Trinajstić information content (AvgIpc) is 2.85. The van der Waals surface area contributed by atoms with Gasteiger partial charge < -0.3 is 24.8 Å². The molecule has 2 N–H and O–H groups in total. The van der Waals surface area contributed by atoms with Crippen molar-refractivity contribution in [2.45, 2.75) is 19.8 Å². The molecule has 0 radical (unpaired) electrons. The molecule has 3 aromatic carbocycles. The second-order valence-electron chi connectivity index (χ2n) is 7.41. The van der Waals surface area contributed by atoms with Gasteiger partial charge in [-0.2, -0.15) is 0 Å². The zero-order valence-corrected chi connectivity index (χ0v) is 19.1. The fourth-order valence-electron chi connectivity index (χ4n) is 3.21. The summed E-state index contributed by atoms with van der Waals surface area (Å²) in [6, 6.07) is 25.3. The predicted molar refractivity (Wildman–Crippen MR) is 132 cm³/mol. The first-order chi connectivity index (χ1) is 16.2. The van der Waals surface area contributed by atoms with E-state index in [1.807, 2.05) is 73.7 Å². The molecule has 0 aliphatic rings. The Morgan fingerprint density at radius 2 is 1.58 bits per heavy atom. The summed E-state index contributed by atoms with van der Waals surface area (Å²) >= 11 is 0. The summed E-state index contributed by atoms with van der Waals surface area (Å²) in [5, 5.41) is 6.05. The number of para-hydroxylation sites is 2. The van der Waals surface area contributed by atoms with E-state index in [4.69, 9.17) is 14.2 Å². The summed E-state index contributed by atoms with van der Waals surface area (Å²) in [7, 11) is 0. The van der Waals surface area contributed by atoms with E-state index in [0.29, 0.717) is 37.9 Å². The van der Waals surface area contributed by atoms with Crippen LogP contribution in [0.5, 0.6) is 11.5 Å². The van der Waals surface area contributed by atoms with Crippen molar-refractivity contribution in [3.8, 4) is 11.5 Å². The van der Waals surface area contributed by atoms with E-state index in [2.05, 4.69) is 22.8 Å². The van der Waals surface area contributed by atoms with Crippen molar-refractivity contribution < 1.29 is 19.0 Å². The number of aryl methyl sites for hydroxylation is 1. The summed E-state index contributed by atoms with van der Waals surface area (Å²) in [5.41, 5.74) is 2.80. The molecule has 3 rings (SSSR count). The Bertz CT molecular complexity index is 961. The molecule has 0 saturated heterocycles. The van der Waals surface area contributed by atoms with E-state index in [1.54, 1.807) is 0 Å². The van der Waals surface area contributed by atoms with Gasteiger partial charge in [-0.15, -0.1) is 0 Å². The first-order valence-corrected chi connectivity index (χ1v) is 11.3. The van der Waals surface area contributed by atoms with Crippen molar-refractivity contribution in [1.29, 1.82) is 0 Å². The lowest BCUT2D eigenvalue weighted by atomic mass is 10.1. The van der Waals surface area contributed by atoms with Crippen molar-refractivity contribution in [3.05, 3.63) is 84.4 Å². The monoisotopic (exact) mass is 448 g/mol. The van der Waals surface area contributed by atoms with Crippen LogP contribution in [0, 0.1) is 0 Å². The lowest BCUT2D eigenvalue weighted by Gasteiger charge is -2.13. The van der Waals surface area contributed by atoms with Gasteiger partial charge in [-0.25, -0.2) is 0 Å². The zero-order valence-electron chi connectivity index (χ0n) is 19.1. The number of hydrogen-bond donors (Lipinski definition) is 2. The minimum absolute atomic E-state index is 0.146. The molecule has 0 unspecified atom stereocenters. The van der Waals surface area contributed by atoms with Gasteiger partial charge in [0.15, 0.2) is 0 Å². The number of rotatable bonds is 14. The highest BCUT2D eigenvalue weighted by molar-refractivity contribution is 5.95. The third-order valence-electron chi connectivity index (χ3n) is 4.88. The maximum atomic E-state index is 12.5. The Morgan fingerprint density at radius 3 is 2.36 bits per heavy atom. The molecule has 0 spiro atoms. The topological polar surface area (TPSA) is 68.8 Å². The first-order valence-electron chi connectivity index (χ1n) is 11.3. The standard InChI is InChI=1S/C27H32N2O4/c1-2-31-19-20-32-24-16-14-23(15-17-24)28-21-27(30)29-25-12-6-7-13-26(25)33-18-8-11-22-9-4-3-5-10-22/h3-7,9-10,12-17,28H,2,8,11,18-21H2,1H3,(H,29,30). The first kappa shape index (κ1) is 24.1. The number of benzene rings is 3. The van der Waals surface area contributed by atoms with E-state index < -0.39 is 0 Å². The van der Waals surface area contributed by atoms with Crippen LogP contribution in [0.2, 0.25) is 0 Å². The summed E-state index contributed by atoms with van der Waals surface area (Å²) in [4.78, 5) is 12.5. The minimum atomic E-state index is -0.146. The fraction of sp³-hybridized carbons (Fsp3) is 0.296. The van der Waals surface area contributed by atoms with Gasteiger partial charge in [0.05, 0.1) is 25.4 Å². The van der Waals surface area contributed by atoms with Crippen molar-refractivity contribution in [2.75, 3.05) is 43.6 Å². The van der Waals surface area contributed by atoms with Gasteiger partial charge in [0.1, 0.15) is 18.1 Å². The molecular formula is C27H32N2O4. The molecule has 0 aliphatic carbocycles. The van der Waals surface area contributed by atoms with Crippen molar-refractivity contribution in [3.63, 3.8) is 0 Å². The molecule has 0 atom stereocenters. The molecule has 0 saturated carbocycles. The molecule has 1 amide bonds. The van der Waals surface area contributed by atoms with Gasteiger partial charge in [0.2, 0.25) is 5.91 Å². The minimum Gasteiger partial charge on any atom is -0.491 e. The third kappa shape index (κ3) is 8.86. The van der Waals surface area contributed by atoms with Crippen LogP contribution >= 0.6 is 0 Å². The maximum absolute atomic E-state index is 12.5. The van der Waals surface area contributed by atoms with Crippen LogP contribution < -0.4 is 20.1 Å². The molecule has 6 nitrogen and oxygen atoms in total. The summed E-state index contributed by atoms with van der Waals surface area (Å²) in [6.45, 7) is 4.44. The van der Waals surface area contributed by atoms with Gasteiger partial charge in [-0.05, 0) is 61.7 Å². The average molecular weight is 449 g/mol. The Morgan fingerprint density at radius 1 is 0.818 bits per heavy atom. The van der Waals surface area contributed by atoms with E-state index in [-0.39, 0.29) is 12.5 Å². The Kier molecular flexibility index (Phi) is 10.1. The normalized spacial score (nSPS) is 10.5. The highest BCUT2D eigenvalue weighted by atomic mass is 16.5. The SMILES string of the molecule is CCOCCOc1ccc(NCC(=O)Nc2ccccc2OCCCc2ccccc2)cc1. The van der Waals surface area contributed by atoms with Crippen LogP contribution in [-0.2, 0) is 16.0 Å². The van der Waals surface area contributed by atoms with Gasteiger partial charge in [-0.3, -0.25) is 4.79 Å². The van der Waals surface area contributed by atoms with E-state index >= 15 is 0 Å². The largest absolute Gasteiger partial charge is 0.491 e. The number of anilines is 2. The Labute approximate surface area is 195 Å². The quantitative estimate of drug-likeness (QED) is 0.333. The zero-order chi connectivity index (χ0) is 23.1. The van der Waals surface area contributed by atoms with E-state index in [0.717, 1.165) is 24.3 Å². The van der Waals surface area contributed by atoms with Crippen molar-refractivity contribution in [2.24, 2.45) is 0 Å². The number of amides is 1. The second kappa shape index (κ2) is 13.8. The molecule has 174 valence electrons. The van der Waals surface area contributed by atoms with Gasteiger partial charge >= 0.3 is 0 Å². The third-order valence-corrected chi connectivity index (χ3v) is 4.88. The van der Waals surface area contributed by atoms with Crippen LogP contribution in [-0.4, -0.2) is 38.9 Å². The van der Waals surface area contributed by atoms with Crippen LogP contribution in [0.25, 0.3) is 0 Å². The van der Waals surface area contributed by atoms with E-state index in [1.165, 1.54) is 5.56 Å². The number of ether oxygens (including phenoxy) is 3. The van der Waals surface area contributed by atoms with Crippen molar-refractivity contribution >= 4 is 17.3 Å². The summed E-state index contributed by atoms with van der Waals surface area (Å²) in [5.74, 6) is 1.29. The number of carbonyl (C=O) groups excluding carboxylic acids is 1. The lowest BCUT2D eigenvalue weighted by molar-refractivity contribution is -0.114. The van der Waals surface area contributed by atoms with Crippen molar-refractivity contribution in [1.82, 2.24) is 0 Å². The van der Waals surface area contributed by atoms with Crippen LogP contribution in [0.4, 0.5) is 11.4 Å². The molecule has 0 aliphatic heterocycles. The van der Waals surface area contributed by atoms with Gasteiger partial charge in [-0.1, -0.05) is 42.5 Å². The molecule has 0 aromatic heterocycles. The highest BCUT2D eigenvalue weighted by Crippen LogP contribution is 2.24. The van der Waals surface area contributed by atoms with Crippen LogP contribution in [0.3, 0.4) is 0 Å². The smallest absolute Gasteiger partial charge is 0.243 e. The van der Waals surface area contributed by atoms with Gasteiger partial charge in [0.25, 0.3) is 0 Å². The molecule has 33 heavy (non-hydrogen) atoms. The molecule has 3 aromatic rings. The second-order valence-corrected chi connectivity index (χ2v) is 7.41.